The Hall–Kier alpha value is -3.86. The summed E-state index contributed by atoms with van der Waals surface area (Å²) in [6.45, 7) is 20.3. The first-order chi connectivity index (χ1) is 27.7. The number of hydrogen-bond acceptors (Lipinski definition) is 4. The van der Waals surface area contributed by atoms with Crippen LogP contribution in [0, 0.1) is 30.7 Å². The maximum Gasteiger partial charge on any atom is 0.223 e. The van der Waals surface area contributed by atoms with Gasteiger partial charge in [0.15, 0.2) is 5.78 Å². The summed E-state index contributed by atoms with van der Waals surface area (Å²) in [5, 5.41) is 9.67. The Bertz CT molecular complexity index is 2470. The Labute approximate surface area is 350 Å². The van der Waals surface area contributed by atoms with E-state index in [1.807, 2.05) is 68.5 Å². The van der Waals surface area contributed by atoms with Gasteiger partial charge in [-0.05, 0) is 60.3 Å². The van der Waals surface area contributed by atoms with Crippen LogP contribution in [0.5, 0.6) is 0 Å². The van der Waals surface area contributed by atoms with E-state index in [-0.39, 0.29) is 60.7 Å². The van der Waals surface area contributed by atoms with Crippen molar-refractivity contribution >= 4 is 49.4 Å². The molecule has 4 aromatic carbocycles. The van der Waals surface area contributed by atoms with Crippen LogP contribution < -0.4 is 0 Å². The minimum absolute atomic E-state index is 0. The van der Waals surface area contributed by atoms with Crippen LogP contribution in [0.15, 0.2) is 76.9 Å². The number of aryl methyl sites for hydroxylation is 1. The molecule has 0 atom stereocenters. The number of fused-ring (bicyclic) bond motifs is 6. The predicted molar refractivity (Wildman–Crippen MR) is 230 cm³/mol. The molecular weight excluding hydrogens is 855 g/mol. The largest absolute Gasteiger partial charge is 0.685 e. The number of carbonyl (C=O) groups is 1. The van der Waals surface area contributed by atoms with Gasteiger partial charge in [-0.3, -0.25) is 9.78 Å². The quantitative estimate of drug-likeness (QED) is 0.0906. The summed E-state index contributed by atoms with van der Waals surface area (Å²) in [5.41, 5.74) is 4.42. The predicted octanol–water partition coefficient (Wildman–Crippen LogP) is 14.0. The number of carbonyl (C=O) groups excluding carboxylic acids is 1. The molecule has 5 nitrogen and oxygen atoms in total. The Kier molecular flexibility index (Phi) is 12.6. The van der Waals surface area contributed by atoms with E-state index in [4.69, 9.17) is 11.3 Å². The molecule has 0 amide bonds. The average molecular weight is 921 g/mol. The zero-order chi connectivity index (χ0) is 43.6. The normalized spacial score (nSPS) is 14.2. The molecule has 0 aliphatic heterocycles. The topological polar surface area (TPSA) is 70.1 Å². The fourth-order valence-electron chi connectivity index (χ4n) is 7.28. The van der Waals surface area contributed by atoms with E-state index in [0.717, 1.165) is 63.9 Å². The Morgan fingerprint density at radius 1 is 0.891 bits per heavy atom. The summed E-state index contributed by atoms with van der Waals surface area (Å²) in [6, 6.07) is 23.2. The summed E-state index contributed by atoms with van der Waals surface area (Å²) >= 11 is 0. The molecule has 295 valence electrons. The van der Waals surface area contributed by atoms with E-state index in [1.165, 1.54) is 0 Å². The molecule has 0 aliphatic rings. The molecule has 0 bridgehead atoms. The summed E-state index contributed by atoms with van der Waals surface area (Å²) in [5.74, 6) is 0.366. The summed E-state index contributed by atoms with van der Waals surface area (Å²) in [7, 11) is 0. The van der Waals surface area contributed by atoms with E-state index in [1.54, 1.807) is 6.07 Å². The van der Waals surface area contributed by atoms with Gasteiger partial charge in [-0.15, -0.1) is 35.2 Å². The molecule has 0 unspecified atom stereocenters. The van der Waals surface area contributed by atoms with Crippen molar-refractivity contribution in [2.75, 3.05) is 0 Å². The van der Waals surface area contributed by atoms with Gasteiger partial charge in [0, 0.05) is 54.7 Å². The number of aromatic nitrogens is 2. The molecule has 0 spiro atoms. The van der Waals surface area contributed by atoms with Crippen LogP contribution in [0.1, 0.15) is 126 Å². The number of ketones is 1. The zero-order valence-corrected chi connectivity index (χ0v) is 36.9. The standard InChI is InChI=1S/C33H31N2O.C16H31NO.Ir/c1-19(2)15-21-11-13-26-23(16-21)12-14-27-29-30(34-20(3)35-32(29)36-31(26)27)24-17-22-9-7-8-10-25(22)28(18-24)33(4,5)6;1-7-13(8-2)15(17-12(5)6)11-16(18)14(9-3)10-4;/h7-14,16,18-19H,15H2,1-6H3;11-14H,7-10H2,1-6H3,(H,17,18);/q-1;;/p-1/i3D3,15D2;;. The molecule has 0 N–H and O–H groups in total. The van der Waals surface area contributed by atoms with E-state index >= 15 is 0 Å². The molecule has 6 aromatic rings. The molecule has 0 saturated carbocycles. The fraction of sp³-hybridized carbons (Fsp3) is 0.449. The van der Waals surface area contributed by atoms with Gasteiger partial charge in [0.2, 0.25) is 5.71 Å². The van der Waals surface area contributed by atoms with Gasteiger partial charge in [-0.1, -0.05) is 148 Å². The number of rotatable bonds is 12. The molecule has 6 rings (SSSR count). The van der Waals surface area contributed by atoms with Crippen molar-refractivity contribution in [1.82, 2.24) is 9.97 Å². The SMILES string of the molecule is CCC(CC)C(=O)/C=C(\[N-]C(C)C)C(CC)CC.[2H]C([2H])([2H])c1nc(-c2[c-]c3ccccc3c(C(C)(C)C)c2)c2c(n1)oc1c3ccc(C([2H])([2H])C(C)C)cc3ccc12.[Ir]. The molecule has 6 heteroatoms. The third-order valence-electron chi connectivity index (χ3n) is 10.1. The summed E-state index contributed by atoms with van der Waals surface area (Å²) < 4.78 is 47.6. The first kappa shape index (κ1) is 36.8. The van der Waals surface area contributed by atoms with Gasteiger partial charge in [0.05, 0.1) is 0 Å². The smallest absolute Gasteiger partial charge is 0.223 e. The Morgan fingerprint density at radius 2 is 1.56 bits per heavy atom. The van der Waals surface area contributed by atoms with Crippen LogP contribution in [0.4, 0.5) is 0 Å². The van der Waals surface area contributed by atoms with E-state index in [0.29, 0.717) is 33.7 Å². The zero-order valence-electron chi connectivity index (χ0n) is 39.5. The fourth-order valence-corrected chi connectivity index (χ4v) is 7.28. The first-order valence-corrected chi connectivity index (χ1v) is 19.8. The van der Waals surface area contributed by atoms with Gasteiger partial charge in [0.25, 0.3) is 0 Å². The van der Waals surface area contributed by atoms with Crippen LogP contribution >= 0.6 is 0 Å². The van der Waals surface area contributed by atoms with Crippen LogP contribution in [-0.4, -0.2) is 21.8 Å². The molecule has 0 aliphatic carbocycles. The maximum absolute atomic E-state index is 12.2. The summed E-state index contributed by atoms with van der Waals surface area (Å²) in [6.07, 6.45) is 4.27. The van der Waals surface area contributed by atoms with Crippen LogP contribution in [0.2, 0.25) is 0 Å². The molecule has 0 fully saturated rings. The molecular formula is C49H61IrN3O2-2. The Balaban J connectivity index is 0.000000356. The Morgan fingerprint density at radius 3 is 2.18 bits per heavy atom. The number of nitrogens with zero attached hydrogens (tertiary/aromatic N) is 3. The van der Waals surface area contributed by atoms with Gasteiger partial charge < -0.3 is 9.73 Å². The van der Waals surface area contributed by atoms with E-state index < -0.39 is 13.2 Å². The molecule has 2 aromatic heterocycles. The van der Waals surface area contributed by atoms with Crippen molar-refractivity contribution < 1.29 is 36.2 Å². The monoisotopic (exact) mass is 921 g/mol. The van der Waals surface area contributed by atoms with Gasteiger partial charge in [-0.2, -0.15) is 10.7 Å². The van der Waals surface area contributed by atoms with Crippen LogP contribution in [0.3, 0.4) is 0 Å². The molecule has 1 radical (unpaired) electrons. The van der Waals surface area contributed by atoms with E-state index in [2.05, 4.69) is 89.7 Å². The second kappa shape index (κ2) is 18.9. The van der Waals surface area contributed by atoms with Crippen LogP contribution in [-0.2, 0) is 36.7 Å². The van der Waals surface area contributed by atoms with Crippen molar-refractivity contribution in [3.8, 4) is 11.3 Å². The van der Waals surface area contributed by atoms with Crippen LogP contribution in [0.25, 0.3) is 60.2 Å². The molecule has 0 saturated heterocycles. The van der Waals surface area contributed by atoms with Crippen molar-refractivity contribution in [2.45, 2.75) is 127 Å². The molecule has 55 heavy (non-hydrogen) atoms. The third-order valence-corrected chi connectivity index (χ3v) is 10.1. The van der Waals surface area contributed by atoms with Crippen molar-refractivity contribution in [2.24, 2.45) is 17.8 Å². The first-order valence-electron chi connectivity index (χ1n) is 22.3. The number of furan rings is 1. The van der Waals surface area contributed by atoms with E-state index in [9.17, 15) is 4.79 Å². The average Bonchev–Trinajstić information content (AvgIpc) is 3.56. The third kappa shape index (κ3) is 10.1. The van der Waals surface area contributed by atoms with Gasteiger partial charge in [-0.25, -0.2) is 0 Å². The minimum atomic E-state index is -2.54. The number of allylic oxidation sites excluding steroid dienone is 2. The molecule has 2 heterocycles. The maximum atomic E-state index is 12.2. The second-order valence-electron chi connectivity index (χ2n) is 16.0. The van der Waals surface area contributed by atoms with Crippen molar-refractivity contribution in [1.29, 1.82) is 0 Å². The van der Waals surface area contributed by atoms with Crippen molar-refractivity contribution in [3.05, 3.63) is 101 Å². The number of benzene rings is 4. The van der Waals surface area contributed by atoms with Gasteiger partial charge >= 0.3 is 0 Å². The number of hydrogen-bond donors (Lipinski definition) is 0. The van der Waals surface area contributed by atoms with Crippen molar-refractivity contribution in [3.63, 3.8) is 0 Å². The summed E-state index contributed by atoms with van der Waals surface area (Å²) in [4.78, 5) is 21.2. The minimum Gasteiger partial charge on any atom is -0.685 e. The van der Waals surface area contributed by atoms with Gasteiger partial charge in [0.1, 0.15) is 11.4 Å². The second-order valence-corrected chi connectivity index (χ2v) is 16.0.